The Balaban J connectivity index is 1.67. The lowest BCUT2D eigenvalue weighted by Gasteiger charge is -2.19. The Hall–Kier alpha value is -3.59. The fourth-order valence-electron chi connectivity index (χ4n) is 2.88. The minimum Gasteiger partial charge on any atom is -0.497 e. The number of sulfonamides is 1. The third kappa shape index (κ3) is 5.55. The Labute approximate surface area is 186 Å². The number of carbonyl (C=O) groups is 1. The summed E-state index contributed by atoms with van der Waals surface area (Å²) in [4.78, 5) is 14.0. The van der Waals surface area contributed by atoms with Gasteiger partial charge in [-0.3, -0.25) is 9.52 Å². The smallest absolute Gasteiger partial charge is 0.264 e. The number of anilines is 2. The van der Waals surface area contributed by atoms with Crippen molar-refractivity contribution in [3.63, 3.8) is 0 Å². The standard InChI is InChI=1S/C23H23FN2O5S/c1-16-13-21(32(28,29)25-18-9-7-17(24)8-10-18)11-12-22(16)31-15-23(27)26(2)19-5-4-6-20(14-19)30-3/h4-14,25H,15H2,1-3H3. The molecule has 0 aliphatic rings. The van der Waals surface area contributed by atoms with Crippen molar-refractivity contribution in [1.82, 2.24) is 0 Å². The molecule has 168 valence electrons. The van der Waals surface area contributed by atoms with E-state index in [4.69, 9.17) is 9.47 Å². The number of amides is 1. The highest BCUT2D eigenvalue weighted by molar-refractivity contribution is 7.92. The zero-order chi connectivity index (χ0) is 23.3. The Bertz CT molecular complexity index is 1210. The van der Waals surface area contributed by atoms with Crippen LogP contribution in [0.5, 0.6) is 11.5 Å². The number of methoxy groups -OCH3 is 1. The van der Waals surface area contributed by atoms with E-state index in [1.54, 1.807) is 45.3 Å². The van der Waals surface area contributed by atoms with Gasteiger partial charge < -0.3 is 14.4 Å². The van der Waals surface area contributed by atoms with Gasteiger partial charge in [-0.05, 0) is 67.1 Å². The summed E-state index contributed by atoms with van der Waals surface area (Å²) in [5, 5.41) is 0. The highest BCUT2D eigenvalue weighted by Crippen LogP contribution is 2.24. The normalized spacial score (nSPS) is 11.0. The van der Waals surface area contributed by atoms with Gasteiger partial charge in [0, 0.05) is 24.5 Å². The van der Waals surface area contributed by atoms with Crippen molar-refractivity contribution in [2.24, 2.45) is 0 Å². The summed E-state index contributed by atoms with van der Waals surface area (Å²) >= 11 is 0. The van der Waals surface area contributed by atoms with Gasteiger partial charge in [0.25, 0.3) is 15.9 Å². The number of hydrogen-bond donors (Lipinski definition) is 1. The molecule has 0 unspecified atom stereocenters. The highest BCUT2D eigenvalue weighted by atomic mass is 32.2. The first-order valence-electron chi connectivity index (χ1n) is 9.62. The van der Waals surface area contributed by atoms with Crippen LogP contribution in [0.25, 0.3) is 0 Å². The van der Waals surface area contributed by atoms with Crippen molar-refractivity contribution in [2.45, 2.75) is 11.8 Å². The van der Waals surface area contributed by atoms with Crippen molar-refractivity contribution >= 4 is 27.3 Å². The van der Waals surface area contributed by atoms with Crippen molar-refractivity contribution in [3.8, 4) is 11.5 Å². The zero-order valence-corrected chi connectivity index (χ0v) is 18.6. The predicted octanol–water partition coefficient (Wildman–Crippen LogP) is 3.99. The summed E-state index contributed by atoms with van der Waals surface area (Å²) in [6.45, 7) is 1.46. The number of nitrogens with one attached hydrogen (secondary N) is 1. The molecule has 0 radical (unpaired) electrons. The van der Waals surface area contributed by atoms with Gasteiger partial charge >= 0.3 is 0 Å². The molecule has 3 aromatic carbocycles. The monoisotopic (exact) mass is 458 g/mol. The van der Waals surface area contributed by atoms with E-state index in [9.17, 15) is 17.6 Å². The SMILES string of the molecule is COc1cccc(N(C)C(=O)COc2ccc(S(=O)(=O)Nc3ccc(F)cc3)cc2C)c1. The molecule has 1 N–H and O–H groups in total. The molecule has 0 aromatic heterocycles. The fraction of sp³-hybridized carbons (Fsp3) is 0.174. The first kappa shape index (κ1) is 23.1. The number of likely N-dealkylation sites (N-methyl/N-ethyl adjacent to an activating group) is 1. The van der Waals surface area contributed by atoms with Crippen LogP contribution >= 0.6 is 0 Å². The maximum atomic E-state index is 13.0. The Kier molecular flexibility index (Phi) is 6.99. The molecule has 0 saturated carbocycles. The van der Waals surface area contributed by atoms with Gasteiger partial charge in [0.1, 0.15) is 17.3 Å². The minimum absolute atomic E-state index is 0.0199. The van der Waals surface area contributed by atoms with Gasteiger partial charge in [-0.15, -0.1) is 0 Å². The number of carbonyl (C=O) groups excluding carboxylic acids is 1. The van der Waals surface area contributed by atoms with E-state index in [0.717, 1.165) is 0 Å². The van der Waals surface area contributed by atoms with Crippen LogP contribution in [-0.4, -0.2) is 35.1 Å². The second-order valence-corrected chi connectivity index (χ2v) is 8.67. The van der Waals surface area contributed by atoms with E-state index in [2.05, 4.69) is 4.72 Å². The first-order valence-corrected chi connectivity index (χ1v) is 11.1. The van der Waals surface area contributed by atoms with E-state index >= 15 is 0 Å². The van der Waals surface area contributed by atoms with E-state index < -0.39 is 15.8 Å². The molecule has 3 aromatic rings. The molecule has 3 rings (SSSR count). The van der Waals surface area contributed by atoms with E-state index in [-0.39, 0.29) is 23.1 Å². The van der Waals surface area contributed by atoms with Crippen molar-refractivity contribution in [2.75, 3.05) is 30.4 Å². The topological polar surface area (TPSA) is 84.9 Å². The van der Waals surface area contributed by atoms with E-state index in [0.29, 0.717) is 22.7 Å². The molecule has 1 amide bonds. The van der Waals surface area contributed by atoms with Crippen LogP contribution in [0, 0.1) is 12.7 Å². The first-order chi connectivity index (χ1) is 15.2. The number of hydrogen-bond acceptors (Lipinski definition) is 5. The maximum Gasteiger partial charge on any atom is 0.264 e. The van der Waals surface area contributed by atoms with Gasteiger partial charge in [0.2, 0.25) is 0 Å². The number of rotatable bonds is 8. The molecule has 0 saturated heterocycles. The summed E-state index contributed by atoms with van der Waals surface area (Å²) in [6.07, 6.45) is 0. The fourth-order valence-corrected chi connectivity index (χ4v) is 4.03. The van der Waals surface area contributed by atoms with Crippen molar-refractivity contribution in [3.05, 3.63) is 78.1 Å². The van der Waals surface area contributed by atoms with Crippen LogP contribution in [0.15, 0.2) is 71.6 Å². The van der Waals surface area contributed by atoms with Crippen molar-refractivity contribution in [1.29, 1.82) is 0 Å². The maximum absolute atomic E-state index is 13.0. The molecule has 9 heteroatoms. The largest absolute Gasteiger partial charge is 0.497 e. The molecule has 0 spiro atoms. The summed E-state index contributed by atoms with van der Waals surface area (Å²) < 4.78 is 51.4. The van der Waals surface area contributed by atoms with Crippen LogP contribution < -0.4 is 19.1 Å². The summed E-state index contributed by atoms with van der Waals surface area (Å²) in [6, 6.07) is 16.4. The molecular weight excluding hydrogens is 435 g/mol. The molecular formula is C23H23FN2O5S. The lowest BCUT2D eigenvalue weighted by Crippen LogP contribution is -2.31. The summed E-state index contributed by atoms with van der Waals surface area (Å²) in [5.41, 5.74) is 1.45. The molecule has 0 aliphatic heterocycles. The Morgan fingerprint density at radius 3 is 2.44 bits per heavy atom. The molecule has 0 atom stereocenters. The predicted molar refractivity (Wildman–Crippen MR) is 120 cm³/mol. The van der Waals surface area contributed by atoms with Crippen LogP contribution in [0.1, 0.15) is 5.56 Å². The Morgan fingerprint density at radius 2 is 1.78 bits per heavy atom. The summed E-state index contributed by atoms with van der Waals surface area (Å²) in [7, 11) is -0.691. The number of ether oxygens (including phenoxy) is 2. The highest BCUT2D eigenvalue weighted by Gasteiger charge is 2.17. The molecule has 32 heavy (non-hydrogen) atoms. The van der Waals surface area contributed by atoms with Gasteiger partial charge in [0.05, 0.1) is 12.0 Å². The Morgan fingerprint density at radius 1 is 1.06 bits per heavy atom. The van der Waals surface area contributed by atoms with Crippen LogP contribution in [0.4, 0.5) is 15.8 Å². The quantitative estimate of drug-likeness (QED) is 0.552. The lowest BCUT2D eigenvalue weighted by atomic mass is 10.2. The van der Waals surface area contributed by atoms with Crippen LogP contribution in [-0.2, 0) is 14.8 Å². The molecule has 7 nitrogen and oxygen atoms in total. The third-order valence-corrected chi connectivity index (χ3v) is 6.10. The molecule has 0 aliphatic carbocycles. The number of nitrogens with zero attached hydrogens (tertiary/aromatic N) is 1. The van der Waals surface area contributed by atoms with Crippen LogP contribution in [0.3, 0.4) is 0 Å². The van der Waals surface area contributed by atoms with Gasteiger partial charge in [0.15, 0.2) is 6.61 Å². The van der Waals surface area contributed by atoms with Crippen LogP contribution in [0.2, 0.25) is 0 Å². The molecule has 0 fully saturated rings. The minimum atomic E-state index is -3.87. The second-order valence-electron chi connectivity index (χ2n) is 6.98. The zero-order valence-electron chi connectivity index (χ0n) is 17.8. The number of halogens is 1. The van der Waals surface area contributed by atoms with E-state index in [1.165, 1.54) is 47.4 Å². The average molecular weight is 459 g/mol. The third-order valence-electron chi connectivity index (χ3n) is 4.72. The van der Waals surface area contributed by atoms with Crippen molar-refractivity contribution < 1.29 is 27.1 Å². The number of benzene rings is 3. The second kappa shape index (κ2) is 9.69. The lowest BCUT2D eigenvalue weighted by molar-refractivity contribution is -0.120. The summed E-state index contributed by atoms with van der Waals surface area (Å²) in [5.74, 6) is 0.271. The molecule has 0 bridgehead atoms. The molecule has 0 heterocycles. The average Bonchev–Trinajstić information content (AvgIpc) is 2.78. The van der Waals surface area contributed by atoms with E-state index in [1.807, 2.05) is 0 Å². The van der Waals surface area contributed by atoms with Gasteiger partial charge in [-0.25, -0.2) is 12.8 Å². The number of aryl methyl sites for hydroxylation is 1. The van der Waals surface area contributed by atoms with Gasteiger partial charge in [-0.2, -0.15) is 0 Å². The van der Waals surface area contributed by atoms with Gasteiger partial charge in [-0.1, -0.05) is 6.07 Å².